The Balaban J connectivity index is 2.47. The van der Waals surface area contributed by atoms with Crippen molar-refractivity contribution in [2.75, 3.05) is 19.6 Å². The molecule has 0 aliphatic carbocycles. The van der Waals surface area contributed by atoms with Crippen LogP contribution in [0, 0.1) is 22.7 Å². The summed E-state index contributed by atoms with van der Waals surface area (Å²) < 4.78 is 25.8. The van der Waals surface area contributed by atoms with Gasteiger partial charge in [0.25, 0.3) is 0 Å². The Kier molecular flexibility index (Phi) is 4.88. The topological polar surface area (TPSA) is 97.0 Å². The Labute approximate surface area is 102 Å². The number of hydrogen-bond donors (Lipinski definition) is 1. The van der Waals surface area contributed by atoms with Gasteiger partial charge in [-0.15, -0.1) is 0 Å². The highest BCUT2D eigenvalue weighted by atomic mass is 32.2. The van der Waals surface area contributed by atoms with Crippen LogP contribution in [0.2, 0.25) is 0 Å². The number of likely N-dealkylation sites (tertiary alicyclic amines) is 1. The molecule has 0 radical (unpaired) electrons. The van der Waals surface area contributed by atoms with E-state index in [4.69, 9.17) is 10.5 Å². The van der Waals surface area contributed by atoms with Gasteiger partial charge in [0.2, 0.25) is 10.0 Å². The van der Waals surface area contributed by atoms with Crippen molar-refractivity contribution in [3.8, 4) is 12.1 Å². The van der Waals surface area contributed by atoms with Gasteiger partial charge in [-0.1, -0.05) is 0 Å². The smallest absolute Gasteiger partial charge is 0.227 e. The van der Waals surface area contributed by atoms with E-state index in [1.54, 1.807) is 6.07 Å². The molecule has 17 heavy (non-hydrogen) atoms. The summed E-state index contributed by atoms with van der Waals surface area (Å²) in [5.41, 5.74) is 0. The third-order valence-electron chi connectivity index (χ3n) is 2.86. The molecule has 94 valence electrons. The quantitative estimate of drug-likeness (QED) is 0.703. The Bertz CT molecular complexity index is 426. The molecule has 1 N–H and O–H groups in total. The number of piperidine rings is 1. The number of rotatable bonds is 4. The first-order valence-electron chi connectivity index (χ1n) is 5.49. The predicted molar refractivity (Wildman–Crippen MR) is 62.2 cm³/mol. The van der Waals surface area contributed by atoms with E-state index >= 15 is 0 Å². The summed E-state index contributed by atoms with van der Waals surface area (Å²) in [5, 5.41) is 16.1. The third-order valence-corrected chi connectivity index (χ3v) is 4.56. The van der Waals surface area contributed by atoms with Crippen molar-refractivity contribution in [1.82, 2.24) is 9.62 Å². The summed E-state index contributed by atoms with van der Waals surface area (Å²) >= 11 is 0. The van der Waals surface area contributed by atoms with Crippen LogP contribution in [0.5, 0.6) is 0 Å². The normalized spacial score (nSPS) is 20.4. The number of nitriles is 2. The van der Waals surface area contributed by atoms with Gasteiger partial charge in [0.1, 0.15) is 0 Å². The average molecular weight is 256 g/mol. The first-order valence-corrected chi connectivity index (χ1v) is 7.04. The molecule has 1 saturated heterocycles. The lowest BCUT2D eigenvalue weighted by molar-refractivity contribution is 0.229. The fraction of sp³-hybridized carbons (Fsp3) is 0.800. The standard InChI is InChI=1S/C10H16N4O2S/c1-9(8-12)17(15,16)13-10-2-5-14(6-3-10)7-4-11/h9-10,13H,2-3,5-7H2,1H3. The molecular formula is C10H16N4O2S. The Morgan fingerprint density at radius 3 is 2.47 bits per heavy atom. The summed E-state index contributed by atoms with van der Waals surface area (Å²) in [6.07, 6.45) is 1.36. The minimum absolute atomic E-state index is 0.120. The second-order valence-electron chi connectivity index (χ2n) is 4.14. The second-order valence-corrected chi connectivity index (χ2v) is 6.18. The lowest BCUT2D eigenvalue weighted by Crippen LogP contribution is -2.46. The van der Waals surface area contributed by atoms with Crippen LogP contribution in [0.1, 0.15) is 19.8 Å². The van der Waals surface area contributed by atoms with Gasteiger partial charge in [-0.25, -0.2) is 13.1 Å². The molecule has 0 aromatic heterocycles. The number of hydrogen-bond acceptors (Lipinski definition) is 5. The van der Waals surface area contributed by atoms with E-state index in [0.717, 1.165) is 0 Å². The van der Waals surface area contributed by atoms with Gasteiger partial charge < -0.3 is 0 Å². The third kappa shape index (κ3) is 3.97. The highest BCUT2D eigenvalue weighted by Gasteiger charge is 2.26. The lowest BCUT2D eigenvalue weighted by Gasteiger charge is -2.30. The van der Waals surface area contributed by atoms with Gasteiger partial charge in [-0.3, -0.25) is 4.90 Å². The van der Waals surface area contributed by atoms with Crippen LogP contribution in [0.4, 0.5) is 0 Å². The van der Waals surface area contributed by atoms with E-state index < -0.39 is 15.3 Å². The van der Waals surface area contributed by atoms with E-state index in [0.29, 0.717) is 32.5 Å². The summed E-state index contributed by atoms with van der Waals surface area (Å²) in [6, 6.07) is 3.67. The summed E-state index contributed by atoms with van der Waals surface area (Å²) in [7, 11) is -3.53. The van der Waals surface area contributed by atoms with Crippen molar-refractivity contribution >= 4 is 10.0 Å². The van der Waals surface area contributed by atoms with Crippen LogP contribution in [0.25, 0.3) is 0 Å². The van der Waals surface area contributed by atoms with Crippen molar-refractivity contribution in [3.63, 3.8) is 0 Å². The minimum atomic E-state index is -3.53. The molecule has 0 spiro atoms. The zero-order valence-electron chi connectivity index (χ0n) is 9.76. The molecule has 1 aliphatic heterocycles. The van der Waals surface area contributed by atoms with Gasteiger partial charge in [-0.2, -0.15) is 10.5 Å². The van der Waals surface area contributed by atoms with E-state index in [-0.39, 0.29) is 6.04 Å². The molecule has 6 nitrogen and oxygen atoms in total. The first-order chi connectivity index (χ1) is 7.99. The fourth-order valence-electron chi connectivity index (χ4n) is 1.71. The average Bonchev–Trinajstić information content (AvgIpc) is 2.30. The van der Waals surface area contributed by atoms with Crippen molar-refractivity contribution < 1.29 is 8.42 Å². The van der Waals surface area contributed by atoms with E-state index in [1.807, 2.05) is 4.90 Å². The highest BCUT2D eigenvalue weighted by molar-refractivity contribution is 7.90. The molecule has 1 rings (SSSR count). The molecule has 1 aliphatic rings. The Hall–Kier alpha value is -1.15. The maximum Gasteiger partial charge on any atom is 0.227 e. The van der Waals surface area contributed by atoms with Gasteiger partial charge >= 0.3 is 0 Å². The SMILES string of the molecule is CC(C#N)S(=O)(=O)NC1CCN(CC#N)CC1. The van der Waals surface area contributed by atoms with Crippen molar-refractivity contribution in [1.29, 1.82) is 10.5 Å². The number of nitrogens with one attached hydrogen (secondary N) is 1. The molecule has 0 bridgehead atoms. The molecule has 7 heteroatoms. The number of nitrogens with zero attached hydrogens (tertiary/aromatic N) is 3. The minimum Gasteiger partial charge on any atom is -0.290 e. The highest BCUT2D eigenvalue weighted by Crippen LogP contribution is 2.12. The molecule has 0 aromatic rings. The summed E-state index contributed by atoms with van der Waals surface area (Å²) in [6.45, 7) is 3.17. The molecule has 1 fully saturated rings. The monoisotopic (exact) mass is 256 g/mol. The summed E-state index contributed by atoms with van der Waals surface area (Å²) in [4.78, 5) is 1.98. The van der Waals surface area contributed by atoms with E-state index in [9.17, 15) is 8.42 Å². The van der Waals surface area contributed by atoms with Crippen LogP contribution >= 0.6 is 0 Å². The Morgan fingerprint density at radius 2 is 2.00 bits per heavy atom. The van der Waals surface area contributed by atoms with Gasteiger partial charge in [0, 0.05) is 19.1 Å². The van der Waals surface area contributed by atoms with Crippen molar-refractivity contribution in [3.05, 3.63) is 0 Å². The molecule has 1 unspecified atom stereocenters. The fourth-order valence-corrected chi connectivity index (χ4v) is 2.76. The van der Waals surface area contributed by atoms with Gasteiger partial charge in [-0.05, 0) is 19.8 Å². The second kappa shape index (κ2) is 5.97. The molecule has 1 heterocycles. The van der Waals surface area contributed by atoms with Crippen LogP contribution in [0.3, 0.4) is 0 Å². The van der Waals surface area contributed by atoms with Crippen molar-refractivity contribution in [2.24, 2.45) is 0 Å². The number of sulfonamides is 1. The largest absolute Gasteiger partial charge is 0.290 e. The van der Waals surface area contributed by atoms with Crippen molar-refractivity contribution in [2.45, 2.75) is 31.1 Å². The maximum atomic E-state index is 11.6. The molecule has 1 atom stereocenters. The lowest BCUT2D eigenvalue weighted by atomic mass is 10.1. The van der Waals surface area contributed by atoms with E-state index in [1.165, 1.54) is 6.92 Å². The van der Waals surface area contributed by atoms with Crippen LogP contribution in [-0.2, 0) is 10.0 Å². The Morgan fingerprint density at radius 1 is 1.41 bits per heavy atom. The maximum absolute atomic E-state index is 11.6. The molecule has 0 aromatic carbocycles. The molecule has 0 saturated carbocycles. The zero-order valence-corrected chi connectivity index (χ0v) is 10.6. The molecule has 0 amide bonds. The molecular weight excluding hydrogens is 240 g/mol. The van der Waals surface area contributed by atoms with Gasteiger partial charge in [0.15, 0.2) is 5.25 Å². The predicted octanol–water partition coefficient (Wildman–Crippen LogP) is -0.194. The summed E-state index contributed by atoms with van der Waals surface area (Å²) in [5.74, 6) is 0. The van der Waals surface area contributed by atoms with Gasteiger partial charge in [0.05, 0.1) is 18.7 Å². The van der Waals surface area contributed by atoms with Crippen LogP contribution < -0.4 is 4.72 Å². The van der Waals surface area contributed by atoms with Crippen LogP contribution in [-0.4, -0.2) is 44.2 Å². The first kappa shape index (κ1) is 13.9. The van der Waals surface area contributed by atoms with Crippen LogP contribution in [0.15, 0.2) is 0 Å². The zero-order chi connectivity index (χ0) is 12.9. The van der Waals surface area contributed by atoms with E-state index in [2.05, 4.69) is 10.8 Å².